The lowest BCUT2D eigenvalue weighted by molar-refractivity contribution is -0.115. The number of urea groups is 1. The Hall–Kier alpha value is -3.71. The van der Waals surface area contributed by atoms with Crippen LogP contribution in [0.3, 0.4) is 0 Å². The number of allylic oxidation sites excluding steroid dienone is 2. The van der Waals surface area contributed by atoms with Crippen LogP contribution >= 0.6 is 22.7 Å². The number of hydrogen-bond acceptors (Lipinski definition) is 6. The number of fused-ring (bicyclic) bond motifs is 1. The number of rotatable bonds is 8. The number of nitriles is 1. The minimum atomic E-state index is -0.191. The fourth-order valence-electron chi connectivity index (χ4n) is 5.31. The Balaban J connectivity index is 1.25. The molecule has 1 atom stereocenters. The maximum absolute atomic E-state index is 13.0. The van der Waals surface area contributed by atoms with Crippen LogP contribution in [-0.2, 0) is 10.2 Å². The molecule has 0 saturated carbocycles. The molecule has 2 aliphatic rings. The number of amides is 3. The second kappa shape index (κ2) is 12.0. The van der Waals surface area contributed by atoms with Gasteiger partial charge >= 0.3 is 6.03 Å². The van der Waals surface area contributed by atoms with Gasteiger partial charge in [0.1, 0.15) is 11.1 Å². The van der Waals surface area contributed by atoms with Crippen LogP contribution in [0, 0.1) is 18.3 Å². The molecule has 0 radical (unpaired) electrons. The molecule has 5 rings (SSSR count). The predicted molar refractivity (Wildman–Crippen MR) is 170 cm³/mol. The predicted octanol–water partition coefficient (Wildman–Crippen LogP) is 6.98. The number of thiophene rings is 2. The molecule has 1 fully saturated rings. The Labute approximate surface area is 249 Å². The number of hydrogen-bond donors (Lipinski definition) is 3. The van der Waals surface area contributed by atoms with Gasteiger partial charge in [-0.1, -0.05) is 32.1 Å². The number of carbonyl (C=O) groups excluding carboxylic acids is 2. The molecule has 41 heavy (non-hydrogen) atoms. The number of benzene rings is 1. The van der Waals surface area contributed by atoms with Crippen molar-refractivity contribution in [1.82, 2.24) is 10.6 Å². The quantitative estimate of drug-likeness (QED) is 0.266. The molecule has 7 nitrogen and oxygen atoms in total. The minimum Gasteiger partial charge on any atom is -0.338 e. The molecule has 3 N–H and O–H groups in total. The topological polar surface area (TPSA) is 97.3 Å². The molecule has 1 saturated heterocycles. The molecule has 1 aliphatic carbocycles. The minimum absolute atomic E-state index is 0.0693. The summed E-state index contributed by atoms with van der Waals surface area (Å²) in [4.78, 5) is 29.2. The van der Waals surface area contributed by atoms with Gasteiger partial charge in [-0.25, -0.2) is 4.79 Å². The first kappa shape index (κ1) is 28.8. The van der Waals surface area contributed by atoms with Crippen molar-refractivity contribution in [3.8, 4) is 6.07 Å². The fourth-order valence-corrected chi connectivity index (χ4v) is 7.37. The van der Waals surface area contributed by atoms with E-state index in [-0.39, 0.29) is 29.9 Å². The van der Waals surface area contributed by atoms with Gasteiger partial charge in [-0.2, -0.15) is 5.26 Å². The third-order valence-electron chi connectivity index (χ3n) is 7.60. The van der Waals surface area contributed by atoms with E-state index >= 15 is 0 Å². The Morgan fingerprint density at radius 2 is 2.02 bits per heavy atom. The first-order valence-corrected chi connectivity index (χ1v) is 15.5. The molecule has 0 bridgehead atoms. The number of anilines is 2. The summed E-state index contributed by atoms with van der Waals surface area (Å²) in [7, 11) is 0. The highest BCUT2D eigenvalue weighted by Crippen LogP contribution is 2.47. The van der Waals surface area contributed by atoms with E-state index in [9.17, 15) is 14.9 Å². The average molecular weight is 586 g/mol. The molecular weight excluding hydrogens is 551 g/mol. The van der Waals surface area contributed by atoms with E-state index in [1.54, 1.807) is 16.2 Å². The zero-order chi connectivity index (χ0) is 29.1. The normalized spacial score (nSPS) is 17.0. The zero-order valence-corrected chi connectivity index (χ0v) is 25.5. The molecule has 0 spiro atoms. The van der Waals surface area contributed by atoms with Crippen molar-refractivity contribution in [2.75, 3.05) is 29.9 Å². The van der Waals surface area contributed by atoms with Gasteiger partial charge in [0, 0.05) is 45.6 Å². The lowest BCUT2D eigenvalue weighted by Crippen LogP contribution is -2.46. The lowest BCUT2D eigenvalue weighted by Gasteiger charge is -2.29. The third-order valence-corrected chi connectivity index (χ3v) is 10.1. The van der Waals surface area contributed by atoms with Crippen LogP contribution in [0.4, 0.5) is 15.5 Å². The average Bonchev–Trinajstić information content (AvgIpc) is 3.53. The maximum Gasteiger partial charge on any atom is 0.321 e. The summed E-state index contributed by atoms with van der Waals surface area (Å²) >= 11 is 3.22. The number of nitrogens with one attached hydrogen (secondary N) is 3. The molecular formula is C32H35N5O2S2. The van der Waals surface area contributed by atoms with Crippen LogP contribution < -0.4 is 20.9 Å². The second-order valence-corrected chi connectivity index (χ2v) is 13.2. The van der Waals surface area contributed by atoms with Crippen LogP contribution in [0.15, 0.2) is 47.4 Å². The molecule has 3 aromatic rings. The first-order valence-electron chi connectivity index (χ1n) is 13.8. The van der Waals surface area contributed by atoms with Crippen LogP contribution in [0.5, 0.6) is 0 Å². The summed E-state index contributed by atoms with van der Waals surface area (Å²) in [5, 5.41) is 21.9. The molecule has 2 aromatic heterocycles. The summed E-state index contributed by atoms with van der Waals surface area (Å²) in [5.74, 6) is -0.191. The summed E-state index contributed by atoms with van der Waals surface area (Å²) in [6, 6.07) is 12.2. The molecule has 1 unspecified atom stereocenters. The monoisotopic (exact) mass is 585 g/mol. The summed E-state index contributed by atoms with van der Waals surface area (Å²) in [6.45, 7) is 10.0. The second-order valence-electron chi connectivity index (χ2n) is 11.2. The summed E-state index contributed by atoms with van der Waals surface area (Å²) in [6.07, 6.45) is 8.18. The molecule has 1 aliphatic heterocycles. The maximum atomic E-state index is 13.0. The molecule has 9 heteroatoms. The molecule has 1 aromatic carbocycles. The van der Waals surface area contributed by atoms with Crippen molar-refractivity contribution in [3.63, 3.8) is 0 Å². The van der Waals surface area contributed by atoms with E-state index < -0.39 is 0 Å². The van der Waals surface area contributed by atoms with Crippen molar-refractivity contribution in [1.29, 1.82) is 5.26 Å². The van der Waals surface area contributed by atoms with Gasteiger partial charge in [-0.05, 0) is 79.1 Å². The van der Waals surface area contributed by atoms with E-state index in [2.05, 4.69) is 72.5 Å². The fraction of sp³-hybridized carbons (Fsp3) is 0.344. The highest BCUT2D eigenvalue weighted by molar-refractivity contribution is 7.17. The van der Waals surface area contributed by atoms with Crippen molar-refractivity contribution < 1.29 is 9.59 Å². The zero-order valence-electron chi connectivity index (χ0n) is 23.8. The Kier molecular flexibility index (Phi) is 8.45. The van der Waals surface area contributed by atoms with Gasteiger partial charge < -0.3 is 16.0 Å². The van der Waals surface area contributed by atoms with Crippen molar-refractivity contribution in [2.24, 2.45) is 0 Å². The molecule has 3 heterocycles. The van der Waals surface area contributed by atoms with E-state index in [0.717, 1.165) is 34.5 Å². The summed E-state index contributed by atoms with van der Waals surface area (Å²) < 4.78 is 0. The van der Waals surface area contributed by atoms with Crippen LogP contribution in [0.1, 0.15) is 71.7 Å². The van der Waals surface area contributed by atoms with Crippen molar-refractivity contribution in [2.45, 2.75) is 52.0 Å². The highest BCUT2D eigenvalue weighted by Gasteiger charge is 2.33. The lowest BCUT2D eigenvalue weighted by atomic mass is 9.77. The van der Waals surface area contributed by atoms with Gasteiger partial charge in [0.25, 0.3) is 0 Å². The Morgan fingerprint density at radius 1 is 1.24 bits per heavy atom. The van der Waals surface area contributed by atoms with Crippen LogP contribution in [0.2, 0.25) is 0 Å². The number of nitrogens with zero attached hydrogens (tertiary/aromatic N) is 2. The van der Waals surface area contributed by atoms with E-state index in [1.165, 1.54) is 27.4 Å². The van der Waals surface area contributed by atoms with Crippen molar-refractivity contribution >= 4 is 57.5 Å². The SMILES string of the molecule is Cc1ccsc1/C=C/C1=Cc2c(sc(NC(=O)CNC(C)c3ccc(N4CCCNC4=O)cc3)c2C#N)C(C)(C)C1. The largest absolute Gasteiger partial charge is 0.338 e. The number of aryl methyl sites for hydroxylation is 1. The van der Waals surface area contributed by atoms with Crippen molar-refractivity contribution in [3.05, 3.63) is 79.4 Å². The van der Waals surface area contributed by atoms with E-state index in [1.807, 2.05) is 31.2 Å². The van der Waals surface area contributed by atoms with Gasteiger partial charge in [0.2, 0.25) is 5.91 Å². The van der Waals surface area contributed by atoms with Crippen LogP contribution in [-0.4, -0.2) is 31.6 Å². The van der Waals surface area contributed by atoms with Gasteiger partial charge in [-0.3, -0.25) is 9.69 Å². The third kappa shape index (κ3) is 6.30. The highest BCUT2D eigenvalue weighted by atomic mass is 32.1. The van der Waals surface area contributed by atoms with Gasteiger partial charge in [0.05, 0.1) is 12.1 Å². The van der Waals surface area contributed by atoms with Gasteiger partial charge in [0.15, 0.2) is 0 Å². The standard InChI is InChI=1S/C32H35N5O2S2/c1-20-12-15-40-27(20)11-6-22-16-25-26(18-33)30(41-29(25)32(3,4)17-22)36-28(38)19-35-21(2)23-7-9-24(10-8-23)37-14-5-13-34-31(37)39/h6-12,15-16,21,35H,5,13-14,17,19H2,1-4H3,(H,34,39)(H,36,38)/b11-6+. The molecule has 212 valence electrons. The van der Waals surface area contributed by atoms with Gasteiger partial charge in [-0.15, -0.1) is 22.7 Å². The van der Waals surface area contributed by atoms with E-state index in [0.29, 0.717) is 23.7 Å². The van der Waals surface area contributed by atoms with E-state index in [4.69, 9.17) is 0 Å². The Bertz CT molecular complexity index is 1560. The van der Waals surface area contributed by atoms with Crippen LogP contribution in [0.25, 0.3) is 12.2 Å². The summed E-state index contributed by atoms with van der Waals surface area (Å²) in [5.41, 5.74) is 5.59. The first-order chi connectivity index (χ1) is 19.7. The smallest absolute Gasteiger partial charge is 0.321 e. The Morgan fingerprint density at radius 3 is 2.71 bits per heavy atom. The molecule has 3 amide bonds. The number of carbonyl (C=O) groups is 2.